The van der Waals surface area contributed by atoms with Crippen molar-refractivity contribution in [2.45, 2.75) is 17.7 Å². The van der Waals surface area contributed by atoms with Crippen LogP contribution in [0.3, 0.4) is 0 Å². The van der Waals surface area contributed by atoms with E-state index < -0.39 is 40.4 Å². The van der Waals surface area contributed by atoms with Gasteiger partial charge in [-0.3, -0.25) is 14.6 Å². The first kappa shape index (κ1) is 23.4. The number of piperidine rings is 1. The van der Waals surface area contributed by atoms with E-state index in [1.54, 1.807) is 18.2 Å². The molecular formula is C21H23N3O7S. The van der Waals surface area contributed by atoms with Gasteiger partial charge in [-0.05, 0) is 37.1 Å². The molecule has 1 aliphatic heterocycles. The van der Waals surface area contributed by atoms with E-state index in [9.17, 15) is 22.8 Å². The number of hydrogen-bond acceptors (Lipinski definition) is 8. The molecule has 1 saturated heterocycles. The van der Waals surface area contributed by atoms with Crippen LogP contribution in [0.4, 0.5) is 5.69 Å². The van der Waals surface area contributed by atoms with Gasteiger partial charge in [0.25, 0.3) is 5.91 Å². The average molecular weight is 461 g/mol. The number of anilines is 1. The van der Waals surface area contributed by atoms with E-state index in [4.69, 9.17) is 4.74 Å². The van der Waals surface area contributed by atoms with Crippen molar-refractivity contribution in [3.8, 4) is 0 Å². The number of aromatic nitrogens is 1. The van der Waals surface area contributed by atoms with Gasteiger partial charge in [0.1, 0.15) is 4.90 Å². The molecule has 0 spiro atoms. The molecule has 0 aliphatic carbocycles. The Hall–Kier alpha value is -3.31. The molecule has 0 saturated carbocycles. The molecule has 1 aromatic carbocycles. The van der Waals surface area contributed by atoms with Crippen LogP contribution in [0.15, 0.2) is 53.7 Å². The third-order valence-corrected chi connectivity index (χ3v) is 6.89. The molecule has 3 rings (SSSR count). The lowest BCUT2D eigenvalue weighted by Crippen LogP contribution is -2.41. The van der Waals surface area contributed by atoms with Crippen molar-refractivity contribution in [1.82, 2.24) is 9.29 Å². The summed E-state index contributed by atoms with van der Waals surface area (Å²) in [6.45, 7) is -0.200. The number of pyridine rings is 1. The highest BCUT2D eigenvalue weighted by Crippen LogP contribution is 2.24. The zero-order valence-electron chi connectivity index (χ0n) is 17.4. The highest BCUT2D eigenvalue weighted by Gasteiger charge is 2.33. The van der Waals surface area contributed by atoms with E-state index in [0.29, 0.717) is 0 Å². The molecule has 1 fully saturated rings. The van der Waals surface area contributed by atoms with Gasteiger partial charge in [0.2, 0.25) is 10.0 Å². The predicted octanol–water partition coefficient (Wildman–Crippen LogP) is 1.45. The maximum Gasteiger partial charge on any atom is 0.339 e. The molecule has 10 nitrogen and oxygen atoms in total. The molecule has 0 radical (unpaired) electrons. The molecule has 1 N–H and O–H groups in total. The van der Waals surface area contributed by atoms with Crippen LogP contribution < -0.4 is 5.32 Å². The Bertz CT molecular complexity index is 1080. The summed E-state index contributed by atoms with van der Waals surface area (Å²) in [5, 5.41) is 2.52. The van der Waals surface area contributed by atoms with Crippen LogP contribution in [0.5, 0.6) is 0 Å². The fraction of sp³-hybridized carbons (Fsp3) is 0.333. The molecule has 0 bridgehead atoms. The number of nitrogens with one attached hydrogen (secondary N) is 1. The van der Waals surface area contributed by atoms with Crippen LogP contribution in [-0.2, 0) is 29.1 Å². The highest BCUT2D eigenvalue weighted by molar-refractivity contribution is 7.89. The molecule has 2 aromatic rings. The number of nitrogens with zero attached hydrogens (tertiary/aromatic N) is 2. The van der Waals surface area contributed by atoms with Crippen LogP contribution in [-0.4, -0.2) is 62.4 Å². The second-order valence-corrected chi connectivity index (χ2v) is 9.00. The van der Waals surface area contributed by atoms with E-state index in [0.717, 1.165) is 0 Å². The minimum Gasteiger partial charge on any atom is -0.465 e. The van der Waals surface area contributed by atoms with Gasteiger partial charge in [-0.2, -0.15) is 4.31 Å². The quantitative estimate of drug-likeness (QED) is 0.613. The second kappa shape index (κ2) is 10.3. The molecule has 0 atom stereocenters. The predicted molar refractivity (Wildman–Crippen MR) is 113 cm³/mol. The molecule has 0 unspecified atom stereocenters. The van der Waals surface area contributed by atoms with E-state index >= 15 is 0 Å². The number of para-hydroxylation sites is 1. The smallest absolute Gasteiger partial charge is 0.339 e. The van der Waals surface area contributed by atoms with Crippen molar-refractivity contribution < 1.29 is 32.3 Å². The van der Waals surface area contributed by atoms with E-state index in [1.807, 2.05) is 0 Å². The summed E-state index contributed by atoms with van der Waals surface area (Å²) in [4.78, 5) is 40.2. The summed E-state index contributed by atoms with van der Waals surface area (Å²) in [5.74, 6) is -2.29. The van der Waals surface area contributed by atoms with Crippen LogP contribution in [0.2, 0.25) is 0 Å². The zero-order chi connectivity index (χ0) is 23.1. The molecule has 11 heteroatoms. The van der Waals surface area contributed by atoms with Gasteiger partial charge in [0, 0.05) is 25.5 Å². The summed E-state index contributed by atoms with van der Waals surface area (Å²) in [7, 11) is -2.44. The number of benzene rings is 1. The van der Waals surface area contributed by atoms with Crippen LogP contribution in [0.1, 0.15) is 23.2 Å². The van der Waals surface area contributed by atoms with Crippen molar-refractivity contribution in [2.24, 2.45) is 5.92 Å². The number of ether oxygens (including phenoxy) is 2. The molecule has 2 heterocycles. The fourth-order valence-corrected chi connectivity index (χ4v) is 4.74. The Balaban J connectivity index is 1.50. The number of esters is 2. The minimum absolute atomic E-state index is 0.102. The van der Waals surface area contributed by atoms with Crippen molar-refractivity contribution in [3.63, 3.8) is 0 Å². The van der Waals surface area contributed by atoms with Crippen LogP contribution >= 0.6 is 0 Å². The van der Waals surface area contributed by atoms with E-state index in [2.05, 4.69) is 15.0 Å². The van der Waals surface area contributed by atoms with Crippen molar-refractivity contribution in [1.29, 1.82) is 0 Å². The molecule has 1 aliphatic rings. The molecule has 170 valence electrons. The van der Waals surface area contributed by atoms with Gasteiger partial charge in [-0.25, -0.2) is 13.2 Å². The third kappa shape index (κ3) is 5.48. The minimum atomic E-state index is -3.67. The first-order chi connectivity index (χ1) is 15.3. The van der Waals surface area contributed by atoms with Crippen molar-refractivity contribution in [3.05, 3.63) is 54.4 Å². The molecular weight excluding hydrogens is 438 g/mol. The van der Waals surface area contributed by atoms with Gasteiger partial charge in [0.05, 0.1) is 24.3 Å². The largest absolute Gasteiger partial charge is 0.465 e. The van der Waals surface area contributed by atoms with Crippen molar-refractivity contribution >= 4 is 33.6 Å². The first-order valence-corrected chi connectivity index (χ1v) is 11.3. The van der Waals surface area contributed by atoms with Gasteiger partial charge in [0.15, 0.2) is 6.61 Å². The highest BCUT2D eigenvalue weighted by atomic mass is 32.2. The lowest BCUT2D eigenvalue weighted by molar-refractivity contribution is -0.152. The van der Waals surface area contributed by atoms with Gasteiger partial charge in [-0.15, -0.1) is 0 Å². The normalized spacial score (nSPS) is 15.0. The standard InChI is InChI=1S/C21H23N3O7S/c1-30-21(27)17-6-2-3-7-18(17)23-19(25)14-31-20(26)15-8-11-24(12-9-15)32(28,29)16-5-4-10-22-13-16/h2-7,10,13,15H,8-9,11-12,14H2,1H3,(H,23,25). The maximum atomic E-state index is 12.6. The van der Waals surface area contributed by atoms with Gasteiger partial charge < -0.3 is 14.8 Å². The Morgan fingerprint density at radius 1 is 1.12 bits per heavy atom. The number of methoxy groups -OCH3 is 1. The van der Waals surface area contributed by atoms with Gasteiger partial charge >= 0.3 is 11.9 Å². The topological polar surface area (TPSA) is 132 Å². The van der Waals surface area contributed by atoms with Crippen molar-refractivity contribution in [2.75, 3.05) is 32.1 Å². The molecule has 1 amide bonds. The Kier molecular flexibility index (Phi) is 7.54. The number of carbonyl (C=O) groups is 3. The fourth-order valence-electron chi connectivity index (χ4n) is 3.30. The summed E-state index contributed by atoms with van der Waals surface area (Å²) < 4.78 is 36.4. The van der Waals surface area contributed by atoms with E-state index in [-0.39, 0.29) is 42.1 Å². The average Bonchev–Trinajstić information content (AvgIpc) is 2.83. The Morgan fingerprint density at radius 3 is 2.50 bits per heavy atom. The number of sulfonamides is 1. The number of hydrogen-bond donors (Lipinski definition) is 1. The Labute approximate surface area is 185 Å². The summed E-state index contributed by atoms with van der Waals surface area (Å²) >= 11 is 0. The lowest BCUT2D eigenvalue weighted by Gasteiger charge is -2.29. The summed E-state index contributed by atoms with van der Waals surface area (Å²) in [6, 6.07) is 9.32. The Morgan fingerprint density at radius 2 is 1.84 bits per heavy atom. The summed E-state index contributed by atoms with van der Waals surface area (Å²) in [5.41, 5.74) is 0.422. The monoisotopic (exact) mass is 461 g/mol. The van der Waals surface area contributed by atoms with Crippen LogP contribution in [0.25, 0.3) is 0 Å². The summed E-state index contributed by atoms with van der Waals surface area (Å²) in [6.07, 6.45) is 3.34. The molecule has 1 aromatic heterocycles. The third-order valence-electron chi connectivity index (χ3n) is 5.01. The van der Waals surface area contributed by atoms with E-state index in [1.165, 1.54) is 42.0 Å². The second-order valence-electron chi connectivity index (χ2n) is 7.06. The number of carbonyl (C=O) groups excluding carboxylic acids is 3. The SMILES string of the molecule is COC(=O)c1ccccc1NC(=O)COC(=O)C1CCN(S(=O)(=O)c2cccnc2)CC1. The number of rotatable bonds is 7. The maximum absolute atomic E-state index is 12.6. The zero-order valence-corrected chi connectivity index (χ0v) is 18.2. The first-order valence-electron chi connectivity index (χ1n) is 9.87. The van der Waals surface area contributed by atoms with Crippen LogP contribution in [0, 0.1) is 5.92 Å². The lowest BCUT2D eigenvalue weighted by atomic mass is 9.98. The van der Waals surface area contributed by atoms with Gasteiger partial charge in [-0.1, -0.05) is 12.1 Å². The molecule has 32 heavy (non-hydrogen) atoms. The number of amides is 1.